The van der Waals surface area contributed by atoms with Crippen LogP contribution in [0.25, 0.3) is 11.4 Å². The van der Waals surface area contributed by atoms with Crippen molar-refractivity contribution in [2.45, 2.75) is 18.9 Å². The Morgan fingerprint density at radius 3 is 2.67 bits per heavy atom. The Morgan fingerprint density at radius 2 is 1.93 bits per heavy atom. The second-order valence-electron chi connectivity index (χ2n) is 6.25. The maximum absolute atomic E-state index is 13.1. The molecule has 27 heavy (non-hydrogen) atoms. The van der Waals surface area contributed by atoms with Gasteiger partial charge in [0.05, 0.1) is 10.0 Å². The molecule has 0 radical (unpaired) electrons. The zero-order chi connectivity index (χ0) is 19.0. The molecule has 2 aromatic carbocycles. The summed E-state index contributed by atoms with van der Waals surface area (Å²) in [5.41, 5.74) is 1.10. The minimum atomic E-state index is -0.336. The lowest BCUT2D eigenvalue weighted by molar-refractivity contribution is 0.0710. The first kappa shape index (κ1) is 17.9. The highest BCUT2D eigenvalue weighted by Gasteiger charge is 2.34. The molecular weight excluding hydrogens is 392 g/mol. The molecule has 1 unspecified atom stereocenters. The number of halogens is 3. The maximum Gasteiger partial charge on any atom is 0.254 e. The molecule has 2 heterocycles. The van der Waals surface area contributed by atoms with Crippen molar-refractivity contribution in [1.82, 2.24) is 15.0 Å². The van der Waals surface area contributed by atoms with Crippen molar-refractivity contribution in [3.05, 3.63) is 69.8 Å². The van der Waals surface area contributed by atoms with E-state index in [1.807, 2.05) is 0 Å². The van der Waals surface area contributed by atoms with Gasteiger partial charge in [0, 0.05) is 17.7 Å². The summed E-state index contributed by atoms with van der Waals surface area (Å²) in [5, 5.41) is 4.69. The number of likely N-dealkylation sites (tertiary alicyclic amines) is 1. The Bertz CT molecular complexity index is 991. The maximum atomic E-state index is 13.1. The number of aromatic nitrogens is 2. The summed E-state index contributed by atoms with van der Waals surface area (Å²) in [5.74, 6) is 0.216. The van der Waals surface area contributed by atoms with Crippen LogP contribution in [0.15, 0.2) is 47.0 Å². The quantitative estimate of drug-likeness (QED) is 0.603. The van der Waals surface area contributed by atoms with Crippen molar-refractivity contribution in [3.8, 4) is 11.4 Å². The molecule has 0 aliphatic carbocycles. The molecule has 0 spiro atoms. The van der Waals surface area contributed by atoms with Crippen molar-refractivity contribution in [1.29, 1.82) is 0 Å². The summed E-state index contributed by atoms with van der Waals surface area (Å²) in [7, 11) is 0. The van der Waals surface area contributed by atoms with E-state index in [-0.39, 0.29) is 17.8 Å². The van der Waals surface area contributed by atoms with Gasteiger partial charge in [0.25, 0.3) is 5.91 Å². The van der Waals surface area contributed by atoms with Gasteiger partial charge in [0.2, 0.25) is 11.7 Å². The Hall–Kier alpha value is -2.44. The van der Waals surface area contributed by atoms with Gasteiger partial charge in [-0.15, -0.1) is 0 Å². The summed E-state index contributed by atoms with van der Waals surface area (Å²) in [6.45, 7) is 0.581. The molecule has 3 aromatic rings. The highest BCUT2D eigenvalue weighted by Crippen LogP contribution is 2.34. The molecule has 1 aliphatic rings. The van der Waals surface area contributed by atoms with Gasteiger partial charge in [-0.25, -0.2) is 4.39 Å². The number of benzene rings is 2. The van der Waals surface area contributed by atoms with Gasteiger partial charge < -0.3 is 9.42 Å². The first-order valence-electron chi connectivity index (χ1n) is 8.38. The third-order valence-corrected chi connectivity index (χ3v) is 5.25. The Morgan fingerprint density at radius 1 is 1.15 bits per heavy atom. The number of nitrogens with zero attached hydrogens (tertiary/aromatic N) is 3. The van der Waals surface area contributed by atoms with Crippen LogP contribution in [0.1, 0.15) is 35.1 Å². The molecule has 0 saturated carbocycles. The van der Waals surface area contributed by atoms with E-state index in [2.05, 4.69) is 10.1 Å². The highest BCUT2D eigenvalue weighted by atomic mass is 35.5. The fraction of sp³-hybridized carbons (Fsp3) is 0.211. The van der Waals surface area contributed by atoms with Crippen molar-refractivity contribution in [3.63, 3.8) is 0 Å². The Kier molecular flexibility index (Phi) is 4.85. The van der Waals surface area contributed by atoms with Crippen molar-refractivity contribution < 1.29 is 13.7 Å². The van der Waals surface area contributed by atoms with E-state index in [0.717, 1.165) is 12.8 Å². The van der Waals surface area contributed by atoms with Crippen LogP contribution in [0, 0.1) is 5.82 Å². The van der Waals surface area contributed by atoms with E-state index in [9.17, 15) is 9.18 Å². The van der Waals surface area contributed by atoms with Crippen LogP contribution in [-0.2, 0) is 0 Å². The SMILES string of the molecule is O=C(c1ccc(Cl)c(Cl)c1)N1CCCC1c1nc(-c2ccc(F)cc2)no1. The van der Waals surface area contributed by atoms with Gasteiger partial charge in [-0.1, -0.05) is 28.4 Å². The largest absolute Gasteiger partial charge is 0.337 e. The second kappa shape index (κ2) is 7.29. The van der Waals surface area contributed by atoms with Gasteiger partial charge >= 0.3 is 0 Å². The molecule has 1 aromatic heterocycles. The Balaban J connectivity index is 1.59. The van der Waals surface area contributed by atoms with Crippen LogP contribution in [0.2, 0.25) is 10.0 Å². The minimum Gasteiger partial charge on any atom is -0.337 e. The predicted molar refractivity (Wildman–Crippen MR) is 99.2 cm³/mol. The summed E-state index contributed by atoms with van der Waals surface area (Å²) in [4.78, 5) is 19.0. The first-order valence-corrected chi connectivity index (χ1v) is 9.14. The standard InChI is InChI=1S/C19H14Cl2FN3O2/c20-14-8-5-12(10-15(14)21)19(26)25-9-1-2-16(25)18-23-17(24-27-18)11-3-6-13(22)7-4-11/h3-8,10,16H,1-2,9H2. The van der Waals surface area contributed by atoms with Crippen molar-refractivity contribution in [2.24, 2.45) is 0 Å². The van der Waals surface area contributed by atoms with Gasteiger partial charge in [-0.3, -0.25) is 4.79 Å². The molecule has 0 N–H and O–H groups in total. The molecule has 1 aliphatic heterocycles. The molecule has 138 valence electrons. The summed E-state index contributed by atoms with van der Waals surface area (Å²) in [6.07, 6.45) is 1.55. The number of rotatable bonds is 3. The smallest absolute Gasteiger partial charge is 0.254 e. The van der Waals surface area contributed by atoms with Gasteiger partial charge in [-0.2, -0.15) is 4.98 Å². The molecule has 4 rings (SSSR count). The normalized spacial score (nSPS) is 16.7. The van der Waals surface area contributed by atoms with Gasteiger partial charge in [0.15, 0.2) is 0 Å². The zero-order valence-electron chi connectivity index (χ0n) is 14.0. The molecule has 1 amide bonds. The molecule has 8 heteroatoms. The fourth-order valence-corrected chi connectivity index (χ4v) is 3.45. The average molecular weight is 406 g/mol. The van der Waals surface area contributed by atoms with Crippen LogP contribution in [0.4, 0.5) is 4.39 Å². The zero-order valence-corrected chi connectivity index (χ0v) is 15.5. The van der Waals surface area contributed by atoms with Gasteiger partial charge in [-0.05, 0) is 55.3 Å². The van der Waals surface area contributed by atoms with Crippen LogP contribution < -0.4 is 0 Å². The van der Waals surface area contributed by atoms with E-state index in [0.29, 0.717) is 39.4 Å². The van der Waals surface area contributed by atoms with E-state index in [4.69, 9.17) is 27.7 Å². The second-order valence-corrected chi connectivity index (χ2v) is 7.06. The van der Waals surface area contributed by atoms with Crippen molar-refractivity contribution in [2.75, 3.05) is 6.54 Å². The number of amides is 1. The lowest BCUT2D eigenvalue weighted by atomic mass is 10.1. The highest BCUT2D eigenvalue weighted by molar-refractivity contribution is 6.42. The van der Waals surface area contributed by atoms with Crippen LogP contribution in [-0.4, -0.2) is 27.5 Å². The fourth-order valence-electron chi connectivity index (χ4n) is 3.15. The third kappa shape index (κ3) is 3.55. The molecule has 0 bridgehead atoms. The number of carbonyl (C=O) groups excluding carboxylic acids is 1. The molecule has 1 fully saturated rings. The topological polar surface area (TPSA) is 59.2 Å². The van der Waals surface area contributed by atoms with Crippen LogP contribution >= 0.6 is 23.2 Å². The van der Waals surface area contributed by atoms with Gasteiger partial charge in [0.1, 0.15) is 11.9 Å². The third-order valence-electron chi connectivity index (χ3n) is 4.51. The average Bonchev–Trinajstić information content (AvgIpc) is 3.33. The first-order chi connectivity index (χ1) is 13.0. The molecule has 1 atom stereocenters. The number of carbonyl (C=O) groups is 1. The predicted octanol–water partition coefficient (Wildman–Crippen LogP) is 5.16. The lowest BCUT2D eigenvalue weighted by Crippen LogP contribution is -2.30. The number of hydrogen-bond acceptors (Lipinski definition) is 4. The van der Waals surface area contributed by atoms with E-state index in [1.165, 1.54) is 12.1 Å². The van der Waals surface area contributed by atoms with E-state index in [1.54, 1.807) is 35.2 Å². The lowest BCUT2D eigenvalue weighted by Gasteiger charge is -2.22. The summed E-state index contributed by atoms with van der Waals surface area (Å²) in [6, 6.07) is 10.3. The van der Waals surface area contributed by atoms with E-state index < -0.39 is 0 Å². The molecule has 5 nitrogen and oxygen atoms in total. The van der Waals surface area contributed by atoms with Crippen LogP contribution in [0.5, 0.6) is 0 Å². The minimum absolute atomic E-state index is 0.169. The number of hydrogen-bond donors (Lipinski definition) is 0. The van der Waals surface area contributed by atoms with E-state index >= 15 is 0 Å². The molecular formula is C19H14Cl2FN3O2. The van der Waals surface area contributed by atoms with Crippen LogP contribution in [0.3, 0.4) is 0 Å². The van der Waals surface area contributed by atoms with Crippen molar-refractivity contribution >= 4 is 29.1 Å². The molecule has 1 saturated heterocycles. The summed E-state index contributed by atoms with van der Waals surface area (Å²) < 4.78 is 18.5. The Labute approximate surface area is 164 Å². The summed E-state index contributed by atoms with van der Waals surface area (Å²) >= 11 is 12.0. The monoisotopic (exact) mass is 405 g/mol.